The van der Waals surface area contributed by atoms with E-state index in [1.165, 1.54) is 0 Å². The van der Waals surface area contributed by atoms with Gasteiger partial charge in [-0.05, 0) is 0 Å². The molecular formula is C6H6O9S2. The standard InChI is InChI=1S/C6H6O9S2/c7-5(1-3-16(9,10)11)15-6(8)2-4-17(12,13)14/h1-4H,(H,9,10,11)(H,12,13,14). The van der Waals surface area contributed by atoms with Crippen LogP contribution in [0.3, 0.4) is 0 Å². The lowest BCUT2D eigenvalue weighted by molar-refractivity contribution is -0.152. The van der Waals surface area contributed by atoms with Gasteiger partial charge in [-0.3, -0.25) is 9.11 Å². The first-order valence-corrected chi connectivity index (χ1v) is 6.57. The van der Waals surface area contributed by atoms with Crippen molar-refractivity contribution in [1.82, 2.24) is 0 Å². The van der Waals surface area contributed by atoms with Gasteiger partial charge in [-0.25, -0.2) is 9.59 Å². The van der Waals surface area contributed by atoms with Crippen molar-refractivity contribution in [2.75, 3.05) is 0 Å². The number of carbonyl (C=O) groups is 2. The first kappa shape index (κ1) is 15.4. The molecular weight excluding hydrogens is 280 g/mol. The van der Waals surface area contributed by atoms with Gasteiger partial charge in [-0.15, -0.1) is 0 Å². The Morgan fingerprint density at radius 3 is 1.35 bits per heavy atom. The van der Waals surface area contributed by atoms with E-state index in [1.807, 2.05) is 0 Å². The van der Waals surface area contributed by atoms with Crippen LogP contribution in [-0.4, -0.2) is 37.9 Å². The molecule has 0 atom stereocenters. The van der Waals surface area contributed by atoms with Gasteiger partial charge in [0, 0.05) is 12.2 Å². The summed E-state index contributed by atoms with van der Waals surface area (Å²) in [4.78, 5) is 21.3. The molecule has 0 amide bonds. The van der Waals surface area contributed by atoms with Crippen LogP contribution in [0.25, 0.3) is 0 Å². The molecule has 0 aliphatic heterocycles. The molecule has 0 saturated carbocycles. The third-order valence-electron chi connectivity index (χ3n) is 0.953. The van der Waals surface area contributed by atoms with Gasteiger partial charge in [-0.1, -0.05) is 0 Å². The van der Waals surface area contributed by atoms with E-state index < -0.39 is 32.2 Å². The topological polar surface area (TPSA) is 152 Å². The Hall–Kier alpha value is -1.56. The summed E-state index contributed by atoms with van der Waals surface area (Å²) in [5, 5.41) is 0.129. The Bertz CT molecular complexity index is 511. The summed E-state index contributed by atoms with van der Waals surface area (Å²) in [6, 6.07) is 0. The van der Waals surface area contributed by atoms with Crippen LogP contribution in [-0.2, 0) is 34.6 Å². The van der Waals surface area contributed by atoms with Crippen LogP contribution < -0.4 is 0 Å². The molecule has 0 rings (SSSR count). The number of carbonyl (C=O) groups excluding carboxylic acids is 2. The van der Waals surface area contributed by atoms with E-state index in [2.05, 4.69) is 4.74 Å². The normalized spacial score (nSPS) is 13.1. The number of rotatable bonds is 4. The van der Waals surface area contributed by atoms with Crippen LogP contribution in [0, 0.1) is 0 Å². The molecule has 0 aliphatic carbocycles. The lowest BCUT2D eigenvalue weighted by atomic mass is 10.6. The Kier molecular flexibility index (Phi) is 5.15. The van der Waals surface area contributed by atoms with Crippen molar-refractivity contribution >= 4 is 32.2 Å². The van der Waals surface area contributed by atoms with Crippen molar-refractivity contribution in [2.45, 2.75) is 0 Å². The van der Waals surface area contributed by atoms with Crippen LogP contribution >= 0.6 is 0 Å². The minimum Gasteiger partial charge on any atom is -0.387 e. The highest BCUT2D eigenvalue weighted by molar-refractivity contribution is 7.89. The number of ether oxygens (including phenoxy) is 1. The van der Waals surface area contributed by atoms with E-state index >= 15 is 0 Å². The molecule has 0 aromatic rings. The lowest BCUT2D eigenvalue weighted by Gasteiger charge is -1.93. The minimum absolute atomic E-state index is 0.0646. The molecule has 0 fully saturated rings. The van der Waals surface area contributed by atoms with Crippen LogP contribution in [0.4, 0.5) is 0 Å². The van der Waals surface area contributed by atoms with Crippen molar-refractivity contribution in [1.29, 1.82) is 0 Å². The van der Waals surface area contributed by atoms with Gasteiger partial charge in [0.2, 0.25) is 0 Å². The molecule has 96 valence electrons. The van der Waals surface area contributed by atoms with E-state index in [-0.39, 0.29) is 23.0 Å². The molecule has 0 heterocycles. The van der Waals surface area contributed by atoms with Crippen molar-refractivity contribution in [3.05, 3.63) is 23.0 Å². The smallest absolute Gasteiger partial charge is 0.339 e. The third kappa shape index (κ3) is 10.7. The highest BCUT2D eigenvalue weighted by Gasteiger charge is 2.07. The quantitative estimate of drug-likeness (QED) is 0.282. The zero-order valence-electron chi connectivity index (χ0n) is 7.88. The van der Waals surface area contributed by atoms with Crippen molar-refractivity contribution in [3.8, 4) is 0 Å². The zero-order chi connectivity index (χ0) is 13.7. The van der Waals surface area contributed by atoms with E-state index in [1.54, 1.807) is 0 Å². The summed E-state index contributed by atoms with van der Waals surface area (Å²) in [5.41, 5.74) is 0. The minimum atomic E-state index is -4.54. The molecule has 0 aliphatic rings. The maximum atomic E-state index is 10.7. The SMILES string of the molecule is O=C(C=CS(=O)(=O)O)OC(=O)C=CS(=O)(=O)O. The second-order valence-corrected chi connectivity index (χ2v) is 4.98. The van der Waals surface area contributed by atoms with Gasteiger partial charge in [0.25, 0.3) is 20.2 Å². The van der Waals surface area contributed by atoms with Gasteiger partial charge in [-0.2, -0.15) is 16.8 Å². The predicted molar refractivity (Wildman–Crippen MR) is 52.5 cm³/mol. The summed E-state index contributed by atoms with van der Waals surface area (Å²) < 4.78 is 60.7. The Morgan fingerprint density at radius 1 is 0.824 bits per heavy atom. The van der Waals surface area contributed by atoms with Gasteiger partial charge < -0.3 is 4.74 Å². The summed E-state index contributed by atoms with van der Waals surface area (Å²) >= 11 is 0. The maximum Gasteiger partial charge on any atom is 0.339 e. The van der Waals surface area contributed by atoms with Gasteiger partial charge in [0.15, 0.2) is 0 Å². The average molecular weight is 286 g/mol. The van der Waals surface area contributed by atoms with Crippen LogP contribution in [0.2, 0.25) is 0 Å². The summed E-state index contributed by atoms with van der Waals surface area (Å²) in [6.07, 6.45) is 0.461. The Balaban J connectivity index is 4.48. The zero-order valence-corrected chi connectivity index (χ0v) is 9.51. The lowest BCUT2D eigenvalue weighted by Crippen LogP contribution is -2.08. The Labute approximate surface area is 95.9 Å². The summed E-state index contributed by atoms with van der Waals surface area (Å²) in [7, 11) is -9.07. The monoisotopic (exact) mass is 286 g/mol. The van der Waals surface area contributed by atoms with Crippen LogP contribution in [0.15, 0.2) is 23.0 Å². The fourth-order valence-electron chi connectivity index (χ4n) is 0.450. The summed E-state index contributed by atoms with van der Waals surface area (Å²) in [5.74, 6) is -2.90. The largest absolute Gasteiger partial charge is 0.387 e. The molecule has 0 radical (unpaired) electrons. The van der Waals surface area contributed by atoms with Gasteiger partial charge in [0.05, 0.1) is 10.8 Å². The third-order valence-corrected chi connectivity index (χ3v) is 1.91. The first-order valence-electron chi connectivity index (χ1n) is 3.56. The van der Waals surface area contributed by atoms with Gasteiger partial charge >= 0.3 is 11.9 Å². The number of hydrogen-bond donors (Lipinski definition) is 2. The Morgan fingerprint density at radius 2 is 1.12 bits per heavy atom. The molecule has 17 heavy (non-hydrogen) atoms. The van der Waals surface area contributed by atoms with E-state index in [9.17, 15) is 26.4 Å². The summed E-state index contributed by atoms with van der Waals surface area (Å²) in [6.45, 7) is 0. The molecule has 0 spiro atoms. The van der Waals surface area contributed by atoms with E-state index in [0.29, 0.717) is 0 Å². The molecule has 0 bridgehead atoms. The second kappa shape index (κ2) is 5.67. The van der Waals surface area contributed by atoms with Crippen molar-refractivity contribution in [2.24, 2.45) is 0 Å². The number of hydrogen-bond acceptors (Lipinski definition) is 7. The highest BCUT2D eigenvalue weighted by Crippen LogP contribution is 1.91. The van der Waals surface area contributed by atoms with E-state index in [4.69, 9.17) is 9.11 Å². The average Bonchev–Trinajstić information content (AvgIpc) is 2.09. The molecule has 0 aromatic heterocycles. The maximum absolute atomic E-state index is 10.7. The molecule has 11 heteroatoms. The number of esters is 2. The van der Waals surface area contributed by atoms with Gasteiger partial charge in [0.1, 0.15) is 0 Å². The first-order chi connectivity index (χ1) is 7.49. The molecule has 2 N–H and O–H groups in total. The molecule has 0 unspecified atom stereocenters. The van der Waals surface area contributed by atoms with Crippen LogP contribution in [0.1, 0.15) is 0 Å². The second-order valence-electron chi connectivity index (χ2n) is 2.38. The van der Waals surface area contributed by atoms with Crippen LogP contribution in [0.5, 0.6) is 0 Å². The molecule has 0 saturated heterocycles. The van der Waals surface area contributed by atoms with Crippen molar-refractivity contribution in [3.63, 3.8) is 0 Å². The highest BCUT2D eigenvalue weighted by atomic mass is 32.2. The van der Waals surface area contributed by atoms with Crippen molar-refractivity contribution < 1.29 is 40.3 Å². The fraction of sp³-hybridized carbons (Fsp3) is 0. The fourth-order valence-corrected chi connectivity index (χ4v) is 1.02. The predicted octanol–water partition coefficient (Wildman–Crippen LogP) is -1.14. The van der Waals surface area contributed by atoms with E-state index in [0.717, 1.165) is 0 Å². The molecule has 9 nitrogen and oxygen atoms in total. The molecule has 0 aromatic carbocycles.